The van der Waals surface area contributed by atoms with E-state index in [2.05, 4.69) is 0 Å². The lowest BCUT2D eigenvalue weighted by atomic mass is 9.77. The number of halogens is 3. The molecule has 1 aliphatic rings. The molecule has 2 nitrogen and oxygen atoms in total. The van der Waals surface area contributed by atoms with Gasteiger partial charge < -0.3 is 22.4 Å². The van der Waals surface area contributed by atoms with Gasteiger partial charge in [-0.25, -0.2) is 0 Å². The van der Waals surface area contributed by atoms with E-state index in [1.807, 2.05) is 0 Å². The highest BCUT2D eigenvalue weighted by molar-refractivity contribution is 6.74. The fourth-order valence-electron chi connectivity index (χ4n) is 2.07. The summed E-state index contributed by atoms with van der Waals surface area (Å²) in [5, 5.41) is 0. The first kappa shape index (κ1) is 13.3. The van der Waals surface area contributed by atoms with Crippen LogP contribution in [0.4, 0.5) is 12.9 Å². The van der Waals surface area contributed by atoms with E-state index in [4.69, 9.17) is 9.47 Å². The fraction of sp³-hybridized carbons (Fsp3) is 0.500. The summed E-state index contributed by atoms with van der Waals surface area (Å²) in [4.78, 5) is 0. The Labute approximate surface area is 104 Å². The van der Waals surface area contributed by atoms with Crippen LogP contribution >= 0.6 is 0 Å². The molecule has 0 spiro atoms. The first-order chi connectivity index (χ1) is 8.47. The molecule has 0 radical (unpaired) electrons. The molecule has 0 amide bonds. The molecule has 100 valence electrons. The average molecular weight is 259 g/mol. The van der Waals surface area contributed by atoms with Crippen molar-refractivity contribution in [1.29, 1.82) is 0 Å². The molecule has 18 heavy (non-hydrogen) atoms. The van der Waals surface area contributed by atoms with E-state index in [0.29, 0.717) is 12.4 Å². The molecule has 0 saturated carbocycles. The Kier molecular flexibility index (Phi) is 3.85. The van der Waals surface area contributed by atoms with Gasteiger partial charge in [-0.3, -0.25) is 0 Å². The van der Waals surface area contributed by atoms with Crippen LogP contribution in [0.25, 0.3) is 0 Å². The van der Waals surface area contributed by atoms with Crippen molar-refractivity contribution in [3.8, 4) is 5.75 Å². The minimum absolute atomic E-state index is 0.0665. The van der Waals surface area contributed by atoms with Crippen LogP contribution in [0.2, 0.25) is 0 Å². The van der Waals surface area contributed by atoms with Crippen LogP contribution in [-0.2, 0) is 4.74 Å². The van der Waals surface area contributed by atoms with Gasteiger partial charge in [-0.2, -0.15) is 0 Å². The predicted octanol–water partition coefficient (Wildman–Crippen LogP) is 2.61. The van der Waals surface area contributed by atoms with Crippen LogP contribution in [0, 0.1) is 6.92 Å². The molecule has 1 unspecified atom stereocenters. The summed E-state index contributed by atoms with van der Waals surface area (Å²) in [5.74, 6) is 0.465. The standard InChI is InChI=1S/C12H15BF3O2/c1-9-7-10(4-5-12(9)13(14,15)16)18-8-11-3-2-6-17-11/h4-5,7,11H,2-3,6,8H2,1H3/q-1. The molecule has 6 heteroatoms. The maximum atomic E-state index is 12.6. The fourth-order valence-corrected chi connectivity index (χ4v) is 2.07. The van der Waals surface area contributed by atoms with E-state index in [-0.39, 0.29) is 11.7 Å². The third-order valence-corrected chi connectivity index (χ3v) is 3.05. The van der Waals surface area contributed by atoms with Gasteiger partial charge in [0.05, 0.1) is 6.10 Å². The molecule has 1 heterocycles. The summed E-state index contributed by atoms with van der Waals surface area (Å²) in [6.45, 7) is -2.36. The second-order valence-electron chi connectivity index (χ2n) is 4.54. The van der Waals surface area contributed by atoms with Crippen molar-refractivity contribution in [2.75, 3.05) is 13.2 Å². The van der Waals surface area contributed by atoms with Crippen molar-refractivity contribution in [2.24, 2.45) is 0 Å². The van der Waals surface area contributed by atoms with Crippen molar-refractivity contribution in [2.45, 2.75) is 25.9 Å². The molecule has 1 aliphatic heterocycles. The van der Waals surface area contributed by atoms with Crippen LogP contribution in [0.15, 0.2) is 18.2 Å². The van der Waals surface area contributed by atoms with Crippen LogP contribution in [0.3, 0.4) is 0 Å². The van der Waals surface area contributed by atoms with Gasteiger partial charge in [-0.05, 0) is 31.9 Å². The summed E-state index contributed by atoms with van der Waals surface area (Å²) in [6, 6.07) is 3.88. The predicted molar refractivity (Wildman–Crippen MR) is 64.4 cm³/mol. The Bertz CT molecular complexity index is 414. The summed E-state index contributed by atoms with van der Waals surface area (Å²) in [7, 11) is 0. The number of aryl methyl sites for hydroxylation is 1. The highest BCUT2D eigenvalue weighted by Crippen LogP contribution is 2.19. The van der Waals surface area contributed by atoms with Gasteiger partial charge in [-0.1, -0.05) is 11.6 Å². The lowest BCUT2D eigenvalue weighted by molar-refractivity contribution is 0.0679. The molecule has 1 atom stereocenters. The van der Waals surface area contributed by atoms with Crippen molar-refractivity contribution >= 4 is 12.4 Å². The topological polar surface area (TPSA) is 18.5 Å². The number of hydrogen-bond acceptors (Lipinski definition) is 2. The van der Waals surface area contributed by atoms with Gasteiger partial charge in [0.1, 0.15) is 12.4 Å². The Morgan fingerprint density at radius 2 is 2.17 bits per heavy atom. The first-order valence-electron chi connectivity index (χ1n) is 6.02. The van der Waals surface area contributed by atoms with Gasteiger partial charge in [0.2, 0.25) is 0 Å². The van der Waals surface area contributed by atoms with E-state index in [0.717, 1.165) is 25.5 Å². The maximum Gasteiger partial charge on any atom is 0.509 e. The second kappa shape index (κ2) is 5.22. The van der Waals surface area contributed by atoms with Gasteiger partial charge >= 0.3 is 6.98 Å². The smallest absolute Gasteiger partial charge is 0.491 e. The number of hydrogen-bond donors (Lipinski definition) is 0. The average Bonchev–Trinajstić information content (AvgIpc) is 2.77. The summed E-state index contributed by atoms with van der Waals surface area (Å²) in [5.41, 5.74) is -0.355. The third-order valence-electron chi connectivity index (χ3n) is 3.05. The third kappa shape index (κ3) is 3.19. The molecular formula is C12H15BF3O2-. The normalized spacial score (nSPS) is 20.1. The van der Waals surface area contributed by atoms with E-state index in [9.17, 15) is 12.9 Å². The molecule has 1 aromatic rings. The first-order valence-corrected chi connectivity index (χ1v) is 6.02. The van der Waals surface area contributed by atoms with Crippen LogP contribution in [0.5, 0.6) is 5.75 Å². The highest BCUT2D eigenvalue weighted by atomic mass is 19.4. The number of ether oxygens (including phenoxy) is 2. The van der Waals surface area contributed by atoms with Crippen LogP contribution < -0.4 is 10.2 Å². The number of benzene rings is 1. The van der Waals surface area contributed by atoms with Gasteiger partial charge in [0.15, 0.2) is 0 Å². The maximum absolute atomic E-state index is 12.6. The van der Waals surface area contributed by atoms with Crippen molar-refractivity contribution in [3.63, 3.8) is 0 Å². The molecule has 0 aliphatic carbocycles. The molecule has 0 bridgehead atoms. The number of rotatable bonds is 4. The Balaban J connectivity index is 2.00. The lowest BCUT2D eigenvalue weighted by Gasteiger charge is -2.19. The second-order valence-corrected chi connectivity index (χ2v) is 4.54. The Morgan fingerprint density at radius 1 is 1.39 bits per heavy atom. The zero-order valence-electron chi connectivity index (χ0n) is 10.2. The van der Waals surface area contributed by atoms with Crippen LogP contribution in [0.1, 0.15) is 18.4 Å². The quantitative estimate of drug-likeness (QED) is 0.774. The minimum atomic E-state index is -4.95. The van der Waals surface area contributed by atoms with Gasteiger partial charge in [-0.15, -0.1) is 5.46 Å². The van der Waals surface area contributed by atoms with E-state index >= 15 is 0 Å². The monoisotopic (exact) mass is 259 g/mol. The molecule has 1 aromatic carbocycles. The van der Waals surface area contributed by atoms with Gasteiger partial charge in [0, 0.05) is 6.61 Å². The Morgan fingerprint density at radius 3 is 2.72 bits per heavy atom. The zero-order chi connectivity index (χ0) is 13.2. The van der Waals surface area contributed by atoms with Crippen molar-refractivity contribution in [1.82, 2.24) is 0 Å². The van der Waals surface area contributed by atoms with E-state index in [1.165, 1.54) is 19.1 Å². The molecule has 0 N–H and O–H groups in total. The molecular weight excluding hydrogens is 244 g/mol. The molecule has 0 aromatic heterocycles. The summed E-state index contributed by atoms with van der Waals surface area (Å²) >= 11 is 0. The largest absolute Gasteiger partial charge is 0.509 e. The highest BCUT2D eigenvalue weighted by Gasteiger charge is 2.27. The molecule has 1 fully saturated rings. The molecule has 1 saturated heterocycles. The lowest BCUT2D eigenvalue weighted by Crippen LogP contribution is -2.36. The van der Waals surface area contributed by atoms with Crippen LogP contribution in [-0.4, -0.2) is 26.3 Å². The van der Waals surface area contributed by atoms with E-state index in [1.54, 1.807) is 0 Å². The van der Waals surface area contributed by atoms with E-state index < -0.39 is 12.4 Å². The summed E-state index contributed by atoms with van der Waals surface area (Å²) in [6.07, 6.45) is 2.03. The summed E-state index contributed by atoms with van der Waals surface area (Å²) < 4.78 is 48.7. The zero-order valence-corrected chi connectivity index (χ0v) is 10.2. The van der Waals surface area contributed by atoms with Crippen molar-refractivity contribution in [3.05, 3.63) is 23.8 Å². The Hall–Kier alpha value is -1.17. The molecule has 2 rings (SSSR count). The minimum Gasteiger partial charge on any atom is -0.491 e. The SMILES string of the molecule is Cc1cc(OCC2CCCO2)ccc1[B-](F)(F)F. The van der Waals surface area contributed by atoms with Gasteiger partial charge in [0.25, 0.3) is 0 Å². The van der Waals surface area contributed by atoms with Crippen molar-refractivity contribution < 1.29 is 22.4 Å².